The van der Waals surface area contributed by atoms with Crippen molar-refractivity contribution in [3.05, 3.63) is 77.9 Å². The Labute approximate surface area is 126 Å². The third-order valence-electron chi connectivity index (χ3n) is 3.08. The van der Waals surface area contributed by atoms with Gasteiger partial charge in [0.15, 0.2) is 5.69 Å². The van der Waals surface area contributed by atoms with Crippen LogP contribution in [0, 0.1) is 5.82 Å². The molecule has 0 radical (unpaired) electrons. The summed E-state index contributed by atoms with van der Waals surface area (Å²) >= 11 is 0. The largest absolute Gasteiger partial charge is 0.318 e. The molecule has 0 atom stereocenters. The Balaban J connectivity index is 1.71. The minimum Gasteiger partial charge on any atom is -0.318 e. The third-order valence-corrected chi connectivity index (χ3v) is 3.08. The molecule has 1 aromatic heterocycles. The van der Waals surface area contributed by atoms with E-state index in [1.165, 1.54) is 18.3 Å². The number of hydrogen-bond donors (Lipinski definition) is 1. The highest BCUT2D eigenvalue weighted by atomic mass is 19.1. The second kappa shape index (κ2) is 6.17. The number of aromatic nitrogens is 3. The highest BCUT2D eigenvalue weighted by molar-refractivity contribution is 6.02. The maximum atomic E-state index is 13.5. The number of carbonyl (C=O) groups excluding carboxylic acids is 1. The van der Waals surface area contributed by atoms with E-state index in [0.29, 0.717) is 6.54 Å². The molecule has 5 nitrogen and oxygen atoms in total. The Bertz CT molecular complexity index is 786. The number of rotatable bonds is 4. The second-order valence-electron chi connectivity index (χ2n) is 4.72. The summed E-state index contributed by atoms with van der Waals surface area (Å²) in [5.41, 5.74) is 1.30. The van der Waals surface area contributed by atoms with Crippen LogP contribution in [0.3, 0.4) is 0 Å². The summed E-state index contributed by atoms with van der Waals surface area (Å²) in [6.45, 7) is 0.515. The summed E-state index contributed by atoms with van der Waals surface area (Å²) in [5, 5.41) is 10.2. The lowest BCUT2D eigenvalue weighted by atomic mass is 10.2. The lowest BCUT2D eigenvalue weighted by molar-refractivity contribution is 0.102. The van der Waals surface area contributed by atoms with Gasteiger partial charge >= 0.3 is 0 Å². The van der Waals surface area contributed by atoms with Gasteiger partial charge in [0.2, 0.25) is 0 Å². The van der Waals surface area contributed by atoms with Crippen LogP contribution in [0.2, 0.25) is 0 Å². The predicted octanol–water partition coefficient (Wildman–Crippen LogP) is 2.72. The first-order valence-electron chi connectivity index (χ1n) is 6.72. The zero-order chi connectivity index (χ0) is 15.4. The van der Waals surface area contributed by atoms with Crippen LogP contribution in [-0.2, 0) is 6.54 Å². The summed E-state index contributed by atoms with van der Waals surface area (Å²) in [5.74, 6) is -0.989. The first-order chi connectivity index (χ1) is 10.7. The molecule has 2 aromatic carbocycles. The molecular formula is C16H13FN4O. The van der Waals surface area contributed by atoms with Crippen molar-refractivity contribution in [2.45, 2.75) is 6.54 Å². The molecule has 0 aliphatic rings. The molecule has 0 aliphatic carbocycles. The number of nitrogens with zero attached hydrogens (tertiary/aromatic N) is 3. The van der Waals surface area contributed by atoms with E-state index in [2.05, 4.69) is 15.6 Å². The van der Waals surface area contributed by atoms with Gasteiger partial charge in [-0.1, -0.05) is 47.7 Å². The molecule has 110 valence electrons. The van der Waals surface area contributed by atoms with Gasteiger partial charge in [0.1, 0.15) is 5.82 Å². The molecule has 0 saturated heterocycles. The number of nitrogens with one attached hydrogen (secondary N) is 1. The molecule has 0 unspecified atom stereocenters. The molecule has 0 fully saturated rings. The summed E-state index contributed by atoms with van der Waals surface area (Å²) in [4.78, 5) is 12.0. The molecule has 1 heterocycles. The van der Waals surface area contributed by atoms with Gasteiger partial charge in [0.05, 0.1) is 18.4 Å². The van der Waals surface area contributed by atoms with E-state index in [1.807, 2.05) is 30.3 Å². The van der Waals surface area contributed by atoms with E-state index in [9.17, 15) is 9.18 Å². The molecule has 6 heteroatoms. The van der Waals surface area contributed by atoms with Crippen LogP contribution in [0.4, 0.5) is 10.1 Å². The average molecular weight is 296 g/mol. The molecule has 0 aliphatic heterocycles. The van der Waals surface area contributed by atoms with E-state index in [1.54, 1.807) is 16.8 Å². The van der Waals surface area contributed by atoms with Crippen molar-refractivity contribution in [1.29, 1.82) is 0 Å². The van der Waals surface area contributed by atoms with Crippen LogP contribution in [-0.4, -0.2) is 20.9 Å². The number of halogens is 1. The lowest BCUT2D eigenvalue weighted by Crippen LogP contribution is -2.13. The minimum atomic E-state index is -0.496. The molecule has 1 amide bonds. The molecule has 0 spiro atoms. The van der Waals surface area contributed by atoms with Gasteiger partial charge in [-0.25, -0.2) is 9.07 Å². The number of anilines is 1. The normalized spacial score (nSPS) is 10.4. The van der Waals surface area contributed by atoms with Crippen LogP contribution in [0.15, 0.2) is 60.8 Å². The van der Waals surface area contributed by atoms with Crippen molar-refractivity contribution in [1.82, 2.24) is 15.0 Å². The van der Waals surface area contributed by atoms with E-state index < -0.39 is 11.7 Å². The molecule has 0 bridgehead atoms. The number of carbonyl (C=O) groups is 1. The standard InChI is InChI=1S/C16H13FN4O/c17-13-8-4-5-9-14(13)18-16(22)15-11-21(20-19-15)10-12-6-2-1-3-7-12/h1-9,11H,10H2,(H,18,22). The first kappa shape index (κ1) is 13.9. The highest BCUT2D eigenvalue weighted by Gasteiger charge is 2.13. The van der Waals surface area contributed by atoms with Crippen LogP contribution in [0.1, 0.15) is 16.1 Å². The minimum absolute atomic E-state index is 0.116. The van der Waals surface area contributed by atoms with E-state index in [0.717, 1.165) is 5.56 Å². The number of benzene rings is 2. The van der Waals surface area contributed by atoms with Crippen LogP contribution in [0.25, 0.3) is 0 Å². The molecule has 0 saturated carbocycles. The maximum absolute atomic E-state index is 13.5. The van der Waals surface area contributed by atoms with E-state index in [4.69, 9.17) is 0 Å². The monoisotopic (exact) mass is 296 g/mol. The summed E-state index contributed by atoms with van der Waals surface area (Å²) in [7, 11) is 0. The molecular weight excluding hydrogens is 283 g/mol. The Morgan fingerprint density at radius 2 is 1.82 bits per heavy atom. The smallest absolute Gasteiger partial charge is 0.277 e. The summed E-state index contributed by atoms with van der Waals surface area (Å²) in [6, 6.07) is 15.7. The van der Waals surface area contributed by atoms with Crippen LogP contribution >= 0.6 is 0 Å². The fourth-order valence-electron chi connectivity index (χ4n) is 2.00. The lowest BCUT2D eigenvalue weighted by Gasteiger charge is -2.03. The zero-order valence-electron chi connectivity index (χ0n) is 11.6. The summed E-state index contributed by atoms with van der Waals surface area (Å²) in [6.07, 6.45) is 1.53. The van der Waals surface area contributed by atoms with E-state index in [-0.39, 0.29) is 11.4 Å². The van der Waals surface area contributed by atoms with E-state index >= 15 is 0 Å². The van der Waals surface area contributed by atoms with Gasteiger partial charge in [-0.05, 0) is 17.7 Å². The van der Waals surface area contributed by atoms with Crippen molar-refractivity contribution in [3.8, 4) is 0 Å². The number of para-hydroxylation sites is 1. The van der Waals surface area contributed by atoms with Crippen molar-refractivity contribution in [3.63, 3.8) is 0 Å². The van der Waals surface area contributed by atoms with Gasteiger partial charge in [0.25, 0.3) is 5.91 Å². The van der Waals surface area contributed by atoms with Gasteiger partial charge in [0, 0.05) is 0 Å². The van der Waals surface area contributed by atoms with Gasteiger partial charge in [-0.15, -0.1) is 5.10 Å². The van der Waals surface area contributed by atoms with Gasteiger partial charge in [-0.3, -0.25) is 4.79 Å². The highest BCUT2D eigenvalue weighted by Crippen LogP contribution is 2.13. The molecule has 1 N–H and O–H groups in total. The zero-order valence-corrected chi connectivity index (χ0v) is 11.6. The number of amides is 1. The Hall–Kier alpha value is -3.02. The topological polar surface area (TPSA) is 59.8 Å². The third kappa shape index (κ3) is 3.17. The Kier molecular flexibility index (Phi) is 3.91. The fourth-order valence-corrected chi connectivity index (χ4v) is 2.00. The van der Waals surface area contributed by atoms with Crippen LogP contribution < -0.4 is 5.32 Å². The quantitative estimate of drug-likeness (QED) is 0.805. The maximum Gasteiger partial charge on any atom is 0.277 e. The van der Waals surface area contributed by atoms with Crippen LogP contribution in [0.5, 0.6) is 0 Å². The number of hydrogen-bond acceptors (Lipinski definition) is 3. The SMILES string of the molecule is O=C(Nc1ccccc1F)c1cn(Cc2ccccc2)nn1. The van der Waals surface area contributed by atoms with Gasteiger partial charge in [-0.2, -0.15) is 0 Å². The second-order valence-corrected chi connectivity index (χ2v) is 4.72. The predicted molar refractivity (Wildman–Crippen MR) is 79.9 cm³/mol. The average Bonchev–Trinajstić information content (AvgIpc) is 2.99. The van der Waals surface area contributed by atoms with Crippen molar-refractivity contribution >= 4 is 11.6 Å². The Morgan fingerprint density at radius 1 is 1.09 bits per heavy atom. The molecule has 22 heavy (non-hydrogen) atoms. The molecule has 3 rings (SSSR count). The van der Waals surface area contributed by atoms with Crippen molar-refractivity contribution in [2.24, 2.45) is 0 Å². The van der Waals surface area contributed by atoms with Gasteiger partial charge < -0.3 is 5.32 Å². The van der Waals surface area contributed by atoms with Crippen molar-refractivity contribution < 1.29 is 9.18 Å². The molecule has 3 aromatic rings. The summed E-state index contributed by atoms with van der Waals surface area (Å²) < 4.78 is 15.1. The first-order valence-corrected chi connectivity index (χ1v) is 6.72. The Morgan fingerprint density at radius 3 is 2.59 bits per heavy atom. The van der Waals surface area contributed by atoms with Crippen molar-refractivity contribution in [2.75, 3.05) is 5.32 Å². The fraction of sp³-hybridized carbons (Fsp3) is 0.0625.